The zero-order valence-electron chi connectivity index (χ0n) is 11.8. The van der Waals surface area contributed by atoms with Crippen molar-refractivity contribution in [3.63, 3.8) is 0 Å². The van der Waals surface area contributed by atoms with Gasteiger partial charge in [0.2, 0.25) is 0 Å². The third-order valence-electron chi connectivity index (χ3n) is 5.59. The van der Waals surface area contributed by atoms with Crippen LogP contribution < -0.4 is 0 Å². The molecule has 1 aromatic heterocycles. The molecule has 0 aromatic carbocycles. The predicted octanol–water partition coefficient (Wildman–Crippen LogP) is 0.941. The number of hydrogen-bond donors (Lipinski definition) is 1. The summed E-state index contributed by atoms with van der Waals surface area (Å²) in [5, 5.41) is 13.4. The molecule has 0 spiro atoms. The molecule has 2 aliphatic carbocycles. The maximum Gasteiger partial charge on any atom is 0.307 e. The third-order valence-corrected chi connectivity index (χ3v) is 5.59. The van der Waals surface area contributed by atoms with Gasteiger partial charge in [-0.3, -0.25) is 14.3 Å². The molecule has 4 rings (SSSR count). The first-order chi connectivity index (χ1) is 10.1. The first-order valence-corrected chi connectivity index (χ1v) is 7.66. The molecule has 0 radical (unpaired) electrons. The summed E-state index contributed by atoms with van der Waals surface area (Å²) < 4.78 is 1.80. The first-order valence-electron chi connectivity index (χ1n) is 7.66. The number of nitrogens with zero attached hydrogens (tertiary/aromatic N) is 3. The zero-order chi connectivity index (χ0) is 14.6. The van der Waals surface area contributed by atoms with Crippen molar-refractivity contribution in [1.29, 1.82) is 0 Å². The second kappa shape index (κ2) is 4.32. The number of likely N-dealkylation sites (tertiary alicyclic amines) is 1. The number of carbonyl (C=O) groups excluding carboxylic acids is 1. The molecule has 1 aliphatic heterocycles. The highest BCUT2D eigenvalue weighted by molar-refractivity contribution is 5.86. The van der Waals surface area contributed by atoms with E-state index in [0.717, 1.165) is 25.7 Å². The summed E-state index contributed by atoms with van der Waals surface area (Å²) in [6, 6.07) is 1.85. The lowest BCUT2D eigenvalue weighted by molar-refractivity contribution is -0.148. The lowest BCUT2D eigenvalue weighted by Gasteiger charge is -2.44. The van der Waals surface area contributed by atoms with Crippen molar-refractivity contribution in [3.8, 4) is 0 Å². The van der Waals surface area contributed by atoms with E-state index in [2.05, 4.69) is 5.10 Å². The summed E-state index contributed by atoms with van der Waals surface area (Å²) in [7, 11) is 0. The molecule has 1 amide bonds. The Morgan fingerprint density at radius 3 is 2.67 bits per heavy atom. The minimum absolute atomic E-state index is 0.131. The standard InChI is InChI=1S/C15H19N3O3/c19-13(20)12-10-3-8-17(9-11(10)12)14(21)15(4-1-5-15)18-7-2-6-16-18/h2,6-7,10-12H,1,3-5,8-9H2,(H,19,20)/t10-,11+,12-/m1/s1. The second-order valence-electron chi connectivity index (χ2n) is 6.57. The van der Waals surface area contributed by atoms with Gasteiger partial charge in [-0.15, -0.1) is 0 Å². The van der Waals surface area contributed by atoms with Crippen molar-refractivity contribution >= 4 is 11.9 Å². The van der Waals surface area contributed by atoms with Crippen LogP contribution in [-0.2, 0) is 15.1 Å². The summed E-state index contributed by atoms with van der Waals surface area (Å²) in [4.78, 5) is 26.0. The molecule has 2 saturated carbocycles. The lowest BCUT2D eigenvalue weighted by Crippen LogP contribution is -2.56. The zero-order valence-corrected chi connectivity index (χ0v) is 11.8. The normalized spacial score (nSPS) is 33.0. The number of carboxylic acids is 1. The van der Waals surface area contributed by atoms with Crippen LogP contribution in [0.15, 0.2) is 18.5 Å². The van der Waals surface area contributed by atoms with Gasteiger partial charge in [-0.1, -0.05) is 0 Å². The molecule has 0 bridgehead atoms. The van der Waals surface area contributed by atoms with Crippen LogP contribution in [0.4, 0.5) is 0 Å². The predicted molar refractivity (Wildman–Crippen MR) is 73.4 cm³/mol. The van der Waals surface area contributed by atoms with Crippen molar-refractivity contribution < 1.29 is 14.7 Å². The number of hydrogen-bond acceptors (Lipinski definition) is 3. The van der Waals surface area contributed by atoms with Crippen molar-refractivity contribution in [2.45, 2.75) is 31.2 Å². The van der Waals surface area contributed by atoms with Crippen LogP contribution in [0.5, 0.6) is 0 Å². The van der Waals surface area contributed by atoms with Gasteiger partial charge >= 0.3 is 5.97 Å². The van der Waals surface area contributed by atoms with E-state index in [9.17, 15) is 9.59 Å². The van der Waals surface area contributed by atoms with Crippen LogP contribution in [0.25, 0.3) is 0 Å². The quantitative estimate of drug-likeness (QED) is 0.898. The van der Waals surface area contributed by atoms with Crippen LogP contribution >= 0.6 is 0 Å². The van der Waals surface area contributed by atoms with Crippen LogP contribution in [-0.4, -0.2) is 44.8 Å². The van der Waals surface area contributed by atoms with Gasteiger partial charge < -0.3 is 10.0 Å². The number of carboxylic acid groups (broad SMARTS) is 1. The molecule has 3 fully saturated rings. The molecular weight excluding hydrogens is 270 g/mol. The van der Waals surface area contributed by atoms with Gasteiger partial charge in [0.15, 0.2) is 0 Å². The van der Waals surface area contributed by atoms with Crippen LogP contribution in [0, 0.1) is 17.8 Å². The maximum absolute atomic E-state index is 13.0. The fourth-order valence-electron chi connectivity index (χ4n) is 4.16. The van der Waals surface area contributed by atoms with Gasteiger partial charge in [-0.05, 0) is 43.6 Å². The molecule has 2 heterocycles. The number of rotatable bonds is 3. The molecule has 1 saturated heterocycles. The topological polar surface area (TPSA) is 75.4 Å². The summed E-state index contributed by atoms with van der Waals surface area (Å²) >= 11 is 0. The number of carbonyl (C=O) groups is 2. The van der Waals surface area contributed by atoms with Crippen LogP contribution in [0.3, 0.4) is 0 Å². The summed E-state index contributed by atoms with van der Waals surface area (Å²) in [6.45, 7) is 1.29. The number of aliphatic carboxylic acids is 1. The van der Waals surface area contributed by atoms with Gasteiger partial charge in [0, 0.05) is 25.5 Å². The Hall–Kier alpha value is -1.85. The Morgan fingerprint density at radius 2 is 2.10 bits per heavy atom. The molecule has 6 nitrogen and oxygen atoms in total. The summed E-state index contributed by atoms with van der Waals surface area (Å²) in [5.41, 5.74) is -0.510. The smallest absolute Gasteiger partial charge is 0.307 e. The van der Waals surface area contributed by atoms with Gasteiger partial charge in [0.25, 0.3) is 5.91 Å². The van der Waals surface area contributed by atoms with Crippen molar-refractivity contribution in [3.05, 3.63) is 18.5 Å². The summed E-state index contributed by atoms with van der Waals surface area (Å²) in [5.74, 6) is -0.356. The molecule has 21 heavy (non-hydrogen) atoms. The SMILES string of the molecule is O=C(O)[C@@H]1[C@@H]2CCN(C(=O)C3(n4cccn4)CCC3)C[C@@H]21. The molecule has 1 N–H and O–H groups in total. The molecule has 1 aromatic rings. The van der Waals surface area contributed by atoms with E-state index >= 15 is 0 Å². The molecule has 3 atom stereocenters. The van der Waals surface area contributed by atoms with E-state index in [4.69, 9.17) is 5.11 Å². The Kier molecular flexibility index (Phi) is 2.65. The van der Waals surface area contributed by atoms with E-state index in [-0.39, 0.29) is 23.7 Å². The molecule has 0 unspecified atom stereocenters. The van der Waals surface area contributed by atoms with E-state index in [1.54, 1.807) is 10.9 Å². The Morgan fingerprint density at radius 1 is 1.29 bits per heavy atom. The minimum atomic E-state index is -0.704. The van der Waals surface area contributed by atoms with Crippen molar-refractivity contribution in [2.24, 2.45) is 17.8 Å². The number of aromatic nitrogens is 2. The fourth-order valence-corrected chi connectivity index (χ4v) is 4.16. The highest BCUT2D eigenvalue weighted by atomic mass is 16.4. The molecule has 6 heteroatoms. The monoisotopic (exact) mass is 289 g/mol. The van der Waals surface area contributed by atoms with Gasteiger partial charge in [0.05, 0.1) is 5.92 Å². The maximum atomic E-state index is 13.0. The molecular formula is C15H19N3O3. The Balaban J connectivity index is 1.52. The Bertz CT molecular complexity index is 579. The van der Waals surface area contributed by atoms with Crippen molar-refractivity contribution in [1.82, 2.24) is 14.7 Å². The minimum Gasteiger partial charge on any atom is -0.481 e. The number of piperidine rings is 1. The highest BCUT2D eigenvalue weighted by Crippen LogP contribution is 2.52. The van der Waals surface area contributed by atoms with Gasteiger partial charge in [-0.25, -0.2) is 0 Å². The molecule has 3 aliphatic rings. The first kappa shape index (κ1) is 12.9. The van der Waals surface area contributed by atoms with Gasteiger partial charge in [0.1, 0.15) is 5.54 Å². The van der Waals surface area contributed by atoms with E-state index in [0.29, 0.717) is 13.1 Å². The fraction of sp³-hybridized carbons (Fsp3) is 0.667. The van der Waals surface area contributed by atoms with E-state index in [1.807, 2.05) is 17.2 Å². The summed E-state index contributed by atoms with van der Waals surface area (Å²) in [6.07, 6.45) is 7.11. The highest BCUT2D eigenvalue weighted by Gasteiger charge is 2.59. The second-order valence-corrected chi connectivity index (χ2v) is 6.57. The largest absolute Gasteiger partial charge is 0.481 e. The molecule has 112 valence electrons. The third kappa shape index (κ3) is 1.74. The lowest BCUT2D eigenvalue weighted by atomic mass is 9.75. The van der Waals surface area contributed by atoms with Crippen molar-refractivity contribution in [2.75, 3.05) is 13.1 Å². The average Bonchev–Trinajstić information content (AvgIpc) is 2.89. The number of fused-ring (bicyclic) bond motifs is 1. The van der Waals surface area contributed by atoms with E-state index < -0.39 is 11.5 Å². The van der Waals surface area contributed by atoms with Crippen LogP contribution in [0.2, 0.25) is 0 Å². The Labute approximate surface area is 122 Å². The van der Waals surface area contributed by atoms with E-state index in [1.165, 1.54) is 0 Å². The van der Waals surface area contributed by atoms with Gasteiger partial charge in [-0.2, -0.15) is 5.10 Å². The average molecular weight is 289 g/mol. The van der Waals surface area contributed by atoms with Crippen LogP contribution in [0.1, 0.15) is 25.7 Å². The number of amides is 1.